The molecule has 0 unspecified atom stereocenters. The number of amides is 3. The Morgan fingerprint density at radius 1 is 1.45 bits per heavy atom. The first-order valence-electron chi connectivity index (χ1n) is 6.75. The molecule has 1 aromatic heterocycles. The fourth-order valence-corrected chi connectivity index (χ4v) is 1.76. The van der Waals surface area contributed by atoms with Crippen LogP contribution in [0.5, 0.6) is 0 Å². The summed E-state index contributed by atoms with van der Waals surface area (Å²) < 4.78 is 1.71. The number of rotatable bonds is 7. The van der Waals surface area contributed by atoms with Crippen molar-refractivity contribution in [2.75, 3.05) is 20.1 Å². The minimum Gasteiger partial charge on any atom is -0.338 e. The first-order chi connectivity index (χ1) is 9.51. The molecule has 1 rings (SSSR count). The minimum atomic E-state index is -0.432. The molecule has 7 nitrogen and oxygen atoms in total. The maximum atomic E-state index is 11.7. The average molecular weight is 281 g/mol. The molecule has 1 heterocycles. The summed E-state index contributed by atoms with van der Waals surface area (Å²) in [5, 5.41) is 9.01. The number of urea groups is 1. The van der Waals surface area contributed by atoms with Gasteiger partial charge in [-0.05, 0) is 13.5 Å². The van der Waals surface area contributed by atoms with Crippen LogP contribution in [-0.4, -0.2) is 46.8 Å². The van der Waals surface area contributed by atoms with Gasteiger partial charge in [0.2, 0.25) is 5.91 Å². The first kappa shape index (κ1) is 16.2. The second kappa shape index (κ2) is 8.31. The topological polar surface area (TPSA) is 79.3 Å². The van der Waals surface area contributed by atoms with Gasteiger partial charge in [-0.3, -0.25) is 19.7 Å². The lowest BCUT2D eigenvalue weighted by Crippen LogP contribution is -2.43. The lowest BCUT2D eigenvalue weighted by atomic mass is 10.3. The van der Waals surface area contributed by atoms with E-state index in [9.17, 15) is 9.59 Å². The van der Waals surface area contributed by atoms with Crippen LogP contribution in [0.1, 0.15) is 25.3 Å². The van der Waals surface area contributed by atoms with E-state index >= 15 is 0 Å². The van der Waals surface area contributed by atoms with Gasteiger partial charge in [0.25, 0.3) is 0 Å². The van der Waals surface area contributed by atoms with Crippen LogP contribution in [0.4, 0.5) is 4.79 Å². The van der Waals surface area contributed by atoms with E-state index in [0.717, 1.165) is 18.4 Å². The smallest absolute Gasteiger partial charge is 0.321 e. The summed E-state index contributed by atoms with van der Waals surface area (Å²) in [6.07, 6.45) is 5.56. The van der Waals surface area contributed by atoms with Crippen molar-refractivity contribution in [3.8, 4) is 0 Å². The molecule has 0 atom stereocenters. The summed E-state index contributed by atoms with van der Waals surface area (Å²) in [7, 11) is 3.67. The number of nitrogens with zero attached hydrogens (tertiary/aromatic N) is 3. The molecule has 2 N–H and O–H groups in total. The Hall–Kier alpha value is -1.89. The highest BCUT2D eigenvalue weighted by atomic mass is 16.2. The number of hydrogen-bond acceptors (Lipinski definition) is 4. The molecule has 1 aromatic rings. The van der Waals surface area contributed by atoms with Gasteiger partial charge in [0.15, 0.2) is 0 Å². The van der Waals surface area contributed by atoms with Crippen LogP contribution in [0.2, 0.25) is 0 Å². The van der Waals surface area contributed by atoms with Crippen molar-refractivity contribution < 1.29 is 9.59 Å². The predicted molar refractivity (Wildman–Crippen MR) is 76.0 cm³/mol. The zero-order chi connectivity index (χ0) is 15.0. The van der Waals surface area contributed by atoms with Gasteiger partial charge in [0.1, 0.15) is 0 Å². The molecule has 0 aromatic carbocycles. The van der Waals surface area contributed by atoms with Crippen LogP contribution in [0.3, 0.4) is 0 Å². The number of likely N-dealkylation sites (N-methyl/N-ethyl adjacent to an activating group) is 1. The quantitative estimate of drug-likeness (QED) is 0.712. The number of unbranched alkanes of at least 4 members (excludes halogenated alkanes) is 1. The summed E-state index contributed by atoms with van der Waals surface area (Å²) in [5.41, 5.74) is 1.02. The second-order valence-electron chi connectivity index (χ2n) is 4.85. The summed E-state index contributed by atoms with van der Waals surface area (Å²) in [4.78, 5) is 24.9. The maximum Gasteiger partial charge on any atom is 0.321 e. The molecule has 0 fully saturated rings. The van der Waals surface area contributed by atoms with Crippen molar-refractivity contribution in [1.82, 2.24) is 25.3 Å². The summed E-state index contributed by atoms with van der Waals surface area (Å²) >= 11 is 0. The van der Waals surface area contributed by atoms with Gasteiger partial charge in [-0.25, -0.2) is 4.79 Å². The van der Waals surface area contributed by atoms with Crippen molar-refractivity contribution in [3.63, 3.8) is 0 Å². The van der Waals surface area contributed by atoms with Gasteiger partial charge in [0.05, 0.1) is 12.7 Å². The highest BCUT2D eigenvalue weighted by Gasteiger charge is 2.10. The predicted octanol–water partition coefficient (Wildman–Crippen LogP) is 0.478. The molecule has 112 valence electrons. The Bertz CT molecular complexity index is 444. The Morgan fingerprint density at radius 2 is 2.20 bits per heavy atom. The molecule has 20 heavy (non-hydrogen) atoms. The van der Waals surface area contributed by atoms with Gasteiger partial charge < -0.3 is 5.32 Å². The highest BCUT2D eigenvalue weighted by Crippen LogP contribution is 2.00. The van der Waals surface area contributed by atoms with Crippen LogP contribution in [0, 0.1) is 0 Å². The molecule has 0 bridgehead atoms. The van der Waals surface area contributed by atoms with E-state index in [1.54, 1.807) is 10.9 Å². The summed E-state index contributed by atoms with van der Waals surface area (Å²) in [6, 6.07) is -0.432. The minimum absolute atomic E-state index is 0.163. The number of carbonyl (C=O) groups excluding carboxylic acids is 2. The van der Waals surface area contributed by atoms with E-state index in [1.807, 2.05) is 32.1 Å². The van der Waals surface area contributed by atoms with Crippen molar-refractivity contribution in [3.05, 3.63) is 18.0 Å². The second-order valence-corrected chi connectivity index (χ2v) is 4.85. The van der Waals surface area contributed by atoms with Crippen LogP contribution in [-0.2, 0) is 18.4 Å². The number of imide groups is 1. The third-order valence-electron chi connectivity index (χ3n) is 2.69. The van der Waals surface area contributed by atoms with E-state index < -0.39 is 6.03 Å². The number of nitrogens with one attached hydrogen (secondary N) is 2. The Kier molecular flexibility index (Phi) is 6.72. The van der Waals surface area contributed by atoms with Crippen LogP contribution >= 0.6 is 0 Å². The molecule has 0 spiro atoms. The fraction of sp³-hybridized carbons (Fsp3) is 0.615. The Labute approximate surface area is 119 Å². The van der Waals surface area contributed by atoms with Gasteiger partial charge >= 0.3 is 6.03 Å². The van der Waals surface area contributed by atoms with Crippen LogP contribution < -0.4 is 10.6 Å². The van der Waals surface area contributed by atoms with E-state index in [-0.39, 0.29) is 12.5 Å². The molecule has 0 saturated heterocycles. The molecule has 3 amide bonds. The van der Waals surface area contributed by atoms with E-state index in [2.05, 4.69) is 15.7 Å². The molecular weight excluding hydrogens is 258 g/mol. The zero-order valence-electron chi connectivity index (χ0n) is 12.3. The first-order valence-corrected chi connectivity index (χ1v) is 6.75. The molecule has 0 aliphatic rings. The molecule has 0 aliphatic heterocycles. The lowest BCUT2D eigenvalue weighted by Gasteiger charge is -2.14. The summed E-state index contributed by atoms with van der Waals surface area (Å²) in [5.74, 6) is -0.314. The average Bonchev–Trinajstić information content (AvgIpc) is 2.74. The number of aryl methyl sites for hydroxylation is 1. The van der Waals surface area contributed by atoms with Crippen molar-refractivity contribution in [1.29, 1.82) is 0 Å². The van der Waals surface area contributed by atoms with E-state index in [0.29, 0.717) is 13.1 Å². The zero-order valence-corrected chi connectivity index (χ0v) is 12.3. The molecule has 0 saturated carbocycles. The number of hydrogen-bond donors (Lipinski definition) is 2. The molecule has 0 aliphatic carbocycles. The SMILES string of the molecule is CCCCNC(=O)NC(=O)CN(C)Cc1cnn(C)c1. The monoisotopic (exact) mass is 281 g/mol. The van der Waals surface area contributed by atoms with Crippen molar-refractivity contribution in [2.24, 2.45) is 7.05 Å². The van der Waals surface area contributed by atoms with E-state index in [4.69, 9.17) is 0 Å². The van der Waals surface area contributed by atoms with Crippen molar-refractivity contribution in [2.45, 2.75) is 26.3 Å². The third-order valence-corrected chi connectivity index (χ3v) is 2.69. The number of carbonyl (C=O) groups is 2. The third kappa shape index (κ3) is 6.33. The Balaban J connectivity index is 2.25. The van der Waals surface area contributed by atoms with Gasteiger partial charge in [0, 0.05) is 31.9 Å². The van der Waals surface area contributed by atoms with Gasteiger partial charge in [-0.2, -0.15) is 5.10 Å². The van der Waals surface area contributed by atoms with Gasteiger partial charge in [-0.1, -0.05) is 13.3 Å². The molecule has 7 heteroatoms. The van der Waals surface area contributed by atoms with E-state index in [1.165, 1.54) is 0 Å². The normalized spacial score (nSPS) is 10.6. The maximum absolute atomic E-state index is 11.7. The van der Waals surface area contributed by atoms with Crippen molar-refractivity contribution >= 4 is 11.9 Å². The standard InChI is InChI=1S/C13H23N5O2/c1-4-5-6-14-13(20)16-12(19)10-17(2)8-11-7-15-18(3)9-11/h7,9H,4-6,8,10H2,1-3H3,(H2,14,16,19,20). The number of aromatic nitrogens is 2. The lowest BCUT2D eigenvalue weighted by molar-refractivity contribution is -0.120. The molecule has 0 radical (unpaired) electrons. The van der Waals surface area contributed by atoms with Crippen LogP contribution in [0.15, 0.2) is 12.4 Å². The van der Waals surface area contributed by atoms with Gasteiger partial charge in [-0.15, -0.1) is 0 Å². The molecular formula is C13H23N5O2. The Morgan fingerprint density at radius 3 is 2.80 bits per heavy atom. The fourth-order valence-electron chi connectivity index (χ4n) is 1.76. The summed E-state index contributed by atoms with van der Waals surface area (Å²) in [6.45, 7) is 3.40. The largest absolute Gasteiger partial charge is 0.338 e. The van der Waals surface area contributed by atoms with Crippen LogP contribution in [0.25, 0.3) is 0 Å². The highest BCUT2D eigenvalue weighted by molar-refractivity contribution is 5.95.